The summed E-state index contributed by atoms with van der Waals surface area (Å²) in [6, 6.07) is 4.01. The first-order valence-corrected chi connectivity index (χ1v) is 8.46. The maximum atomic E-state index is 11.3. The Kier molecular flexibility index (Phi) is 8.47. The van der Waals surface area contributed by atoms with E-state index in [2.05, 4.69) is 16.8 Å². The van der Waals surface area contributed by atoms with Crippen LogP contribution < -0.4 is 14.7 Å². The number of hydrogen-bond donors (Lipinski definition) is 0. The second kappa shape index (κ2) is 10.1. The highest BCUT2D eigenvalue weighted by Gasteiger charge is 2.13. The largest absolute Gasteiger partial charge is 0.490 e. The van der Waals surface area contributed by atoms with Gasteiger partial charge in [-0.25, -0.2) is 4.79 Å². The topological polar surface area (TPSA) is 44.8 Å². The highest BCUT2D eigenvalue weighted by Crippen LogP contribution is 2.30. The van der Waals surface area contributed by atoms with Crippen LogP contribution in [0.2, 0.25) is 0 Å². The van der Waals surface area contributed by atoms with E-state index >= 15 is 0 Å². The van der Waals surface area contributed by atoms with Crippen molar-refractivity contribution < 1.29 is 19.0 Å². The van der Waals surface area contributed by atoms with Crippen molar-refractivity contribution in [2.24, 2.45) is 0 Å². The van der Waals surface area contributed by atoms with Gasteiger partial charge in [-0.1, -0.05) is 18.7 Å². The van der Waals surface area contributed by atoms with Crippen molar-refractivity contribution in [3.8, 4) is 11.5 Å². The Labute approximate surface area is 142 Å². The van der Waals surface area contributed by atoms with Gasteiger partial charge in [0, 0.05) is 5.57 Å². The lowest BCUT2D eigenvalue weighted by molar-refractivity contribution is -0.139. The molecule has 5 heteroatoms. The molecule has 0 spiro atoms. The molecule has 4 nitrogen and oxygen atoms in total. The molecule has 1 rings (SSSR count). The van der Waals surface area contributed by atoms with Gasteiger partial charge < -0.3 is 14.2 Å². The van der Waals surface area contributed by atoms with Crippen LogP contribution in [0.15, 0.2) is 24.3 Å². The van der Waals surface area contributed by atoms with Gasteiger partial charge in [0.2, 0.25) is 0 Å². The van der Waals surface area contributed by atoms with Crippen LogP contribution >= 0.6 is 0 Å². The fraction of sp³-hybridized carbons (Fsp3) is 0.500. The highest BCUT2D eigenvalue weighted by atomic mass is 28.1. The molecule has 3 radical (unpaired) electrons. The van der Waals surface area contributed by atoms with Crippen molar-refractivity contribution >= 4 is 21.4 Å². The van der Waals surface area contributed by atoms with E-state index in [1.807, 2.05) is 26.0 Å². The first-order valence-electron chi connectivity index (χ1n) is 7.96. The SMILES string of the molecule is C=C(C)C(=O)OCCCCc1ccc([Si])c(OCC)c1OCC. The van der Waals surface area contributed by atoms with Crippen molar-refractivity contribution in [2.75, 3.05) is 19.8 Å². The van der Waals surface area contributed by atoms with Gasteiger partial charge in [-0.3, -0.25) is 0 Å². The maximum absolute atomic E-state index is 11.3. The van der Waals surface area contributed by atoms with E-state index in [0.29, 0.717) is 25.4 Å². The zero-order valence-electron chi connectivity index (χ0n) is 14.2. The Balaban J connectivity index is 2.63. The number of hydrogen-bond acceptors (Lipinski definition) is 4. The number of rotatable bonds is 10. The lowest BCUT2D eigenvalue weighted by atomic mass is 10.1. The van der Waals surface area contributed by atoms with Gasteiger partial charge in [-0.15, -0.1) is 0 Å². The monoisotopic (exact) mass is 333 g/mol. The van der Waals surface area contributed by atoms with Crippen LogP contribution in [0.25, 0.3) is 0 Å². The summed E-state index contributed by atoms with van der Waals surface area (Å²) >= 11 is 0. The van der Waals surface area contributed by atoms with E-state index in [1.165, 1.54) is 0 Å². The first kappa shape index (κ1) is 19.3. The van der Waals surface area contributed by atoms with Gasteiger partial charge in [0.15, 0.2) is 11.5 Å². The fourth-order valence-electron chi connectivity index (χ4n) is 2.10. The van der Waals surface area contributed by atoms with Crippen LogP contribution in [0.5, 0.6) is 11.5 Å². The van der Waals surface area contributed by atoms with Crippen molar-refractivity contribution in [1.82, 2.24) is 0 Å². The number of ether oxygens (including phenoxy) is 3. The zero-order chi connectivity index (χ0) is 17.2. The molecular weight excluding hydrogens is 308 g/mol. The summed E-state index contributed by atoms with van der Waals surface area (Å²) in [6.45, 7) is 10.7. The molecule has 0 aliphatic rings. The van der Waals surface area contributed by atoms with Gasteiger partial charge in [-0.05, 0) is 50.8 Å². The van der Waals surface area contributed by atoms with Crippen LogP contribution in [-0.4, -0.2) is 36.0 Å². The van der Waals surface area contributed by atoms with E-state index in [9.17, 15) is 4.79 Å². The predicted octanol–water partition coefficient (Wildman–Crippen LogP) is 2.72. The molecule has 1 aromatic rings. The molecule has 0 bridgehead atoms. The minimum absolute atomic E-state index is 0.331. The molecule has 23 heavy (non-hydrogen) atoms. The standard InChI is InChI=1S/C18H25O4Si/c1-5-20-16-14(10-11-15(23)17(16)21-6-2)9-7-8-12-22-18(19)13(3)4/h10-11H,3,5-9,12H2,1-2,4H3. The van der Waals surface area contributed by atoms with Crippen LogP contribution in [0, 0.1) is 0 Å². The molecule has 0 aromatic heterocycles. The van der Waals surface area contributed by atoms with Gasteiger partial charge in [0.05, 0.1) is 30.1 Å². The molecule has 0 N–H and O–H groups in total. The number of aryl methyl sites for hydroxylation is 1. The third-order valence-electron chi connectivity index (χ3n) is 3.19. The number of unbranched alkanes of at least 4 members (excludes halogenated alkanes) is 1. The molecule has 0 fully saturated rings. The number of esters is 1. The molecule has 0 saturated heterocycles. The van der Waals surface area contributed by atoms with E-state index in [1.54, 1.807) is 6.92 Å². The van der Waals surface area contributed by atoms with Crippen LogP contribution in [0.4, 0.5) is 0 Å². The first-order chi connectivity index (χ1) is 11.0. The summed E-state index contributed by atoms with van der Waals surface area (Å²) in [6.07, 6.45) is 2.53. The molecule has 0 amide bonds. The summed E-state index contributed by atoms with van der Waals surface area (Å²) in [5.41, 5.74) is 1.53. The normalized spacial score (nSPS) is 10.3. The van der Waals surface area contributed by atoms with Gasteiger partial charge >= 0.3 is 5.97 Å². The van der Waals surface area contributed by atoms with E-state index in [0.717, 1.165) is 41.5 Å². The second-order valence-electron chi connectivity index (χ2n) is 5.17. The third kappa shape index (κ3) is 6.10. The molecule has 0 aliphatic carbocycles. The quantitative estimate of drug-likeness (QED) is 0.286. The average Bonchev–Trinajstić information content (AvgIpc) is 2.52. The molecule has 0 aliphatic heterocycles. The lowest BCUT2D eigenvalue weighted by Crippen LogP contribution is -2.13. The Bertz CT molecular complexity index is 540. The Morgan fingerprint density at radius 2 is 1.78 bits per heavy atom. The van der Waals surface area contributed by atoms with E-state index < -0.39 is 0 Å². The molecular formula is C18H25O4Si. The van der Waals surface area contributed by atoms with E-state index in [-0.39, 0.29) is 5.97 Å². The summed E-state index contributed by atoms with van der Waals surface area (Å²) < 4.78 is 16.6. The van der Waals surface area contributed by atoms with Gasteiger partial charge in [0.1, 0.15) is 0 Å². The molecule has 0 atom stereocenters. The van der Waals surface area contributed by atoms with Crippen molar-refractivity contribution in [1.29, 1.82) is 0 Å². The maximum Gasteiger partial charge on any atom is 0.333 e. The zero-order valence-corrected chi connectivity index (χ0v) is 15.2. The van der Waals surface area contributed by atoms with Crippen LogP contribution in [0.3, 0.4) is 0 Å². The molecule has 0 heterocycles. The smallest absolute Gasteiger partial charge is 0.333 e. The summed E-state index contributed by atoms with van der Waals surface area (Å²) in [7, 11) is 3.56. The number of carbonyl (C=O) groups excluding carboxylic acids is 1. The number of carbonyl (C=O) groups is 1. The Hall–Kier alpha value is -1.75. The minimum atomic E-state index is -0.331. The van der Waals surface area contributed by atoms with Crippen molar-refractivity contribution in [3.63, 3.8) is 0 Å². The average molecular weight is 333 g/mol. The van der Waals surface area contributed by atoms with Crippen molar-refractivity contribution in [2.45, 2.75) is 40.0 Å². The van der Waals surface area contributed by atoms with Crippen LogP contribution in [-0.2, 0) is 16.0 Å². The summed E-state index contributed by atoms with van der Waals surface area (Å²) in [4.78, 5) is 11.3. The minimum Gasteiger partial charge on any atom is -0.490 e. The lowest BCUT2D eigenvalue weighted by Gasteiger charge is -2.17. The molecule has 0 saturated carbocycles. The Morgan fingerprint density at radius 3 is 2.39 bits per heavy atom. The molecule has 1 aromatic carbocycles. The second-order valence-corrected chi connectivity index (χ2v) is 5.71. The van der Waals surface area contributed by atoms with Gasteiger partial charge in [-0.2, -0.15) is 0 Å². The molecule has 0 unspecified atom stereocenters. The molecule has 125 valence electrons. The van der Waals surface area contributed by atoms with Crippen molar-refractivity contribution in [3.05, 3.63) is 29.8 Å². The summed E-state index contributed by atoms with van der Waals surface area (Å²) in [5.74, 6) is 1.21. The Morgan fingerprint density at radius 1 is 1.13 bits per heavy atom. The number of benzene rings is 1. The summed E-state index contributed by atoms with van der Waals surface area (Å²) in [5, 5.41) is 0.884. The van der Waals surface area contributed by atoms with Crippen LogP contribution in [0.1, 0.15) is 39.2 Å². The van der Waals surface area contributed by atoms with E-state index in [4.69, 9.17) is 14.2 Å². The predicted molar refractivity (Wildman–Crippen MR) is 92.9 cm³/mol. The third-order valence-corrected chi connectivity index (χ3v) is 3.59. The van der Waals surface area contributed by atoms with Gasteiger partial charge in [0.25, 0.3) is 0 Å². The fourth-order valence-corrected chi connectivity index (χ4v) is 2.37. The highest BCUT2D eigenvalue weighted by molar-refractivity contribution is 6.34.